The van der Waals surface area contributed by atoms with Crippen LogP contribution in [0.1, 0.15) is 12.6 Å². The number of hydrogen-bond acceptors (Lipinski definition) is 4. The molecule has 1 unspecified atom stereocenters. The third-order valence-electron chi connectivity index (χ3n) is 1.30. The first-order valence-electron chi connectivity index (χ1n) is 3.98. The van der Waals surface area contributed by atoms with Crippen LogP contribution in [0.3, 0.4) is 0 Å². The van der Waals surface area contributed by atoms with E-state index in [4.69, 9.17) is 17.3 Å². The first kappa shape index (κ1) is 10.8. The predicted octanol–water partition coefficient (Wildman–Crippen LogP) is 1.71. The van der Waals surface area contributed by atoms with Crippen molar-refractivity contribution in [3.05, 3.63) is 23.2 Å². The minimum Gasteiger partial charge on any atom is -0.327 e. The molecule has 1 heterocycles. The van der Waals surface area contributed by atoms with Gasteiger partial charge in [-0.25, -0.2) is 4.98 Å². The number of hydrogen-bond donors (Lipinski definition) is 1. The van der Waals surface area contributed by atoms with Crippen LogP contribution in [0.15, 0.2) is 12.4 Å². The van der Waals surface area contributed by atoms with E-state index in [1.807, 2.05) is 6.92 Å². The summed E-state index contributed by atoms with van der Waals surface area (Å²) in [6.07, 6.45) is 3.25. The molecule has 0 bridgehead atoms. The maximum atomic E-state index is 5.60. The molecule has 13 heavy (non-hydrogen) atoms. The molecule has 0 saturated carbocycles. The Morgan fingerprint density at radius 2 is 2.31 bits per heavy atom. The number of rotatable bonds is 4. The number of nitrogens with two attached hydrogens (primary N) is 1. The van der Waals surface area contributed by atoms with Crippen molar-refractivity contribution in [1.29, 1.82) is 0 Å². The second kappa shape index (κ2) is 5.42. The van der Waals surface area contributed by atoms with E-state index in [1.165, 1.54) is 0 Å². The lowest BCUT2D eigenvalue weighted by atomic mass is 10.4. The molecule has 0 amide bonds. The zero-order valence-corrected chi connectivity index (χ0v) is 8.98. The average molecular weight is 218 g/mol. The normalized spacial score (nSPS) is 12.8. The van der Waals surface area contributed by atoms with Gasteiger partial charge in [-0.1, -0.05) is 11.6 Å². The molecule has 1 atom stereocenters. The Balaban J connectivity index is 2.33. The number of aromatic nitrogens is 2. The maximum absolute atomic E-state index is 5.60. The molecule has 1 aromatic heterocycles. The Kier molecular flexibility index (Phi) is 4.48. The van der Waals surface area contributed by atoms with Crippen molar-refractivity contribution in [3.8, 4) is 0 Å². The van der Waals surface area contributed by atoms with Crippen LogP contribution >= 0.6 is 23.4 Å². The molecule has 0 aromatic carbocycles. The summed E-state index contributed by atoms with van der Waals surface area (Å²) in [4.78, 5) is 8.05. The van der Waals surface area contributed by atoms with Crippen LogP contribution in [0, 0.1) is 0 Å². The van der Waals surface area contributed by atoms with E-state index in [0.717, 1.165) is 17.2 Å². The largest absolute Gasteiger partial charge is 0.327 e. The Morgan fingerprint density at radius 3 is 2.85 bits per heavy atom. The first-order valence-corrected chi connectivity index (χ1v) is 5.51. The van der Waals surface area contributed by atoms with Crippen molar-refractivity contribution in [2.24, 2.45) is 5.73 Å². The van der Waals surface area contributed by atoms with Crippen LogP contribution in [0.25, 0.3) is 0 Å². The van der Waals surface area contributed by atoms with Crippen molar-refractivity contribution in [2.45, 2.75) is 18.7 Å². The first-order chi connectivity index (χ1) is 6.18. The Bertz CT molecular complexity index is 250. The molecule has 72 valence electrons. The van der Waals surface area contributed by atoms with Gasteiger partial charge >= 0.3 is 0 Å². The van der Waals surface area contributed by atoms with E-state index in [0.29, 0.717) is 5.15 Å². The zero-order valence-electron chi connectivity index (χ0n) is 7.40. The van der Waals surface area contributed by atoms with E-state index >= 15 is 0 Å². The number of nitrogens with zero attached hydrogens (tertiary/aromatic N) is 2. The lowest BCUT2D eigenvalue weighted by Gasteiger charge is -2.03. The molecule has 0 aliphatic carbocycles. The van der Waals surface area contributed by atoms with E-state index in [2.05, 4.69) is 9.97 Å². The van der Waals surface area contributed by atoms with Crippen molar-refractivity contribution in [2.75, 3.05) is 5.75 Å². The summed E-state index contributed by atoms with van der Waals surface area (Å²) in [5.74, 6) is 1.77. The van der Waals surface area contributed by atoms with Crippen molar-refractivity contribution < 1.29 is 0 Å². The minimum atomic E-state index is 0.227. The van der Waals surface area contributed by atoms with Crippen LogP contribution in [0.2, 0.25) is 5.15 Å². The lowest BCUT2D eigenvalue weighted by Crippen LogP contribution is -2.17. The molecular formula is C8H12ClN3S. The molecule has 0 radical (unpaired) electrons. The van der Waals surface area contributed by atoms with Crippen LogP contribution < -0.4 is 5.73 Å². The summed E-state index contributed by atoms with van der Waals surface area (Å²) >= 11 is 7.35. The molecule has 0 spiro atoms. The van der Waals surface area contributed by atoms with Crippen molar-refractivity contribution in [1.82, 2.24) is 9.97 Å². The molecule has 1 rings (SSSR count). The van der Waals surface area contributed by atoms with E-state index in [1.54, 1.807) is 24.2 Å². The van der Waals surface area contributed by atoms with Crippen LogP contribution in [0.4, 0.5) is 0 Å². The smallest absolute Gasteiger partial charge is 0.147 e. The topological polar surface area (TPSA) is 51.8 Å². The van der Waals surface area contributed by atoms with Gasteiger partial charge in [0, 0.05) is 17.5 Å². The summed E-state index contributed by atoms with van der Waals surface area (Å²) in [7, 11) is 0. The second-order valence-corrected chi connectivity index (χ2v) is 4.24. The van der Waals surface area contributed by atoms with E-state index in [-0.39, 0.29) is 6.04 Å². The van der Waals surface area contributed by atoms with Crippen LogP contribution in [-0.4, -0.2) is 21.8 Å². The summed E-state index contributed by atoms with van der Waals surface area (Å²) in [5.41, 5.74) is 6.54. The minimum absolute atomic E-state index is 0.227. The van der Waals surface area contributed by atoms with Gasteiger partial charge in [-0.3, -0.25) is 4.98 Å². The standard InChI is InChI=1S/C8H12ClN3S/c1-6(10)4-13-5-7-2-12-8(9)3-11-7/h2-3,6H,4-5,10H2,1H3. The monoisotopic (exact) mass is 217 g/mol. The highest BCUT2D eigenvalue weighted by atomic mass is 35.5. The Morgan fingerprint density at radius 1 is 1.54 bits per heavy atom. The van der Waals surface area contributed by atoms with Gasteiger partial charge in [0.2, 0.25) is 0 Å². The molecule has 5 heteroatoms. The second-order valence-electron chi connectivity index (χ2n) is 2.82. The van der Waals surface area contributed by atoms with Gasteiger partial charge in [0.15, 0.2) is 0 Å². The summed E-state index contributed by atoms with van der Waals surface area (Å²) < 4.78 is 0. The summed E-state index contributed by atoms with van der Waals surface area (Å²) in [6, 6.07) is 0.227. The average Bonchev–Trinajstić information content (AvgIpc) is 2.08. The zero-order chi connectivity index (χ0) is 9.68. The van der Waals surface area contributed by atoms with Gasteiger partial charge in [0.25, 0.3) is 0 Å². The molecule has 0 fully saturated rings. The molecule has 0 aliphatic rings. The highest BCUT2D eigenvalue weighted by Crippen LogP contribution is 2.10. The third kappa shape index (κ3) is 4.45. The molecule has 3 nitrogen and oxygen atoms in total. The Labute approximate surface area is 87.1 Å². The summed E-state index contributed by atoms with van der Waals surface area (Å²) in [6.45, 7) is 1.99. The van der Waals surface area contributed by atoms with Gasteiger partial charge < -0.3 is 5.73 Å². The van der Waals surface area contributed by atoms with Gasteiger partial charge in [-0.05, 0) is 6.92 Å². The highest BCUT2D eigenvalue weighted by molar-refractivity contribution is 7.98. The van der Waals surface area contributed by atoms with Crippen LogP contribution in [-0.2, 0) is 5.75 Å². The third-order valence-corrected chi connectivity index (χ3v) is 2.76. The molecule has 0 saturated heterocycles. The fourth-order valence-electron chi connectivity index (χ4n) is 0.763. The number of thioether (sulfide) groups is 1. The number of halogens is 1. The van der Waals surface area contributed by atoms with Crippen LogP contribution in [0.5, 0.6) is 0 Å². The van der Waals surface area contributed by atoms with Gasteiger partial charge in [0.1, 0.15) is 5.15 Å². The summed E-state index contributed by atoms with van der Waals surface area (Å²) in [5, 5.41) is 0.431. The Hall–Kier alpha value is -0.320. The highest BCUT2D eigenvalue weighted by Gasteiger charge is 1.98. The van der Waals surface area contributed by atoms with Gasteiger partial charge in [-0.15, -0.1) is 0 Å². The molecular weight excluding hydrogens is 206 g/mol. The van der Waals surface area contributed by atoms with E-state index in [9.17, 15) is 0 Å². The van der Waals surface area contributed by atoms with E-state index < -0.39 is 0 Å². The molecule has 1 aromatic rings. The SMILES string of the molecule is CC(N)CSCc1cnc(Cl)cn1. The molecule has 2 N–H and O–H groups in total. The fraction of sp³-hybridized carbons (Fsp3) is 0.500. The van der Waals surface area contributed by atoms with Crippen molar-refractivity contribution >= 4 is 23.4 Å². The fourth-order valence-corrected chi connectivity index (χ4v) is 1.71. The molecule has 0 aliphatic heterocycles. The quantitative estimate of drug-likeness (QED) is 0.835. The van der Waals surface area contributed by atoms with Gasteiger partial charge in [-0.2, -0.15) is 11.8 Å². The lowest BCUT2D eigenvalue weighted by molar-refractivity contribution is 0.846. The maximum Gasteiger partial charge on any atom is 0.147 e. The predicted molar refractivity (Wildman–Crippen MR) is 56.9 cm³/mol. The van der Waals surface area contributed by atoms with Gasteiger partial charge in [0.05, 0.1) is 18.1 Å². The van der Waals surface area contributed by atoms with Crippen molar-refractivity contribution in [3.63, 3.8) is 0 Å².